The van der Waals surface area contributed by atoms with Gasteiger partial charge >= 0.3 is 0 Å². The molecule has 1 aromatic rings. The number of ether oxygens (including phenoxy) is 1. The third-order valence-corrected chi connectivity index (χ3v) is 4.46. The highest BCUT2D eigenvalue weighted by molar-refractivity contribution is 7.90. The number of aryl methyl sites for hydroxylation is 1. The Labute approximate surface area is 108 Å². The molecule has 2 rings (SSSR count). The molecule has 1 fully saturated rings. The smallest absolute Gasteiger partial charge is 0.175 e. The molecule has 2 atom stereocenters. The number of anilines is 1. The normalized spacial score (nSPS) is 24.2. The van der Waals surface area contributed by atoms with Crippen LogP contribution in [0.1, 0.15) is 18.9 Å². The lowest BCUT2D eigenvalue weighted by molar-refractivity contribution is 0.121. The van der Waals surface area contributed by atoms with E-state index in [-0.39, 0.29) is 12.1 Å². The lowest BCUT2D eigenvalue weighted by Crippen LogP contribution is -2.27. The Morgan fingerprint density at radius 3 is 2.67 bits per heavy atom. The Kier molecular flexibility index (Phi) is 3.64. The zero-order chi connectivity index (χ0) is 13.3. The van der Waals surface area contributed by atoms with Gasteiger partial charge in [-0.1, -0.05) is 6.07 Å². The van der Waals surface area contributed by atoms with Gasteiger partial charge in [-0.25, -0.2) is 8.42 Å². The fourth-order valence-electron chi connectivity index (χ4n) is 2.11. The molecule has 0 saturated carbocycles. The van der Waals surface area contributed by atoms with Gasteiger partial charge in [-0.05, 0) is 38.0 Å². The van der Waals surface area contributed by atoms with E-state index in [2.05, 4.69) is 5.32 Å². The van der Waals surface area contributed by atoms with E-state index in [4.69, 9.17) is 4.74 Å². The quantitative estimate of drug-likeness (QED) is 0.911. The van der Waals surface area contributed by atoms with Gasteiger partial charge in [0, 0.05) is 18.6 Å². The Hall–Kier alpha value is -1.07. The molecular weight excluding hydrogens is 250 g/mol. The van der Waals surface area contributed by atoms with Crippen molar-refractivity contribution >= 4 is 15.5 Å². The summed E-state index contributed by atoms with van der Waals surface area (Å²) < 4.78 is 28.6. The van der Waals surface area contributed by atoms with Crippen molar-refractivity contribution in [3.63, 3.8) is 0 Å². The maximum atomic E-state index is 11.5. The van der Waals surface area contributed by atoms with Crippen LogP contribution in [0.4, 0.5) is 5.69 Å². The molecule has 0 spiro atoms. The molecule has 0 aromatic heterocycles. The Balaban J connectivity index is 2.27. The highest BCUT2D eigenvalue weighted by atomic mass is 32.2. The molecule has 2 unspecified atom stereocenters. The van der Waals surface area contributed by atoms with Crippen LogP contribution in [0.25, 0.3) is 0 Å². The molecule has 0 aliphatic carbocycles. The van der Waals surface area contributed by atoms with Crippen LogP contribution < -0.4 is 5.32 Å². The van der Waals surface area contributed by atoms with Crippen molar-refractivity contribution in [2.24, 2.45) is 0 Å². The van der Waals surface area contributed by atoms with Crippen molar-refractivity contribution < 1.29 is 13.2 Å². The molecule has 0 radical (unpaired) electrons. The molecule has 18 heavy (non-hydrogen) atoms. The van der Waals surface area contributed by atoms with E-state index < -0.39 is 9.84 Å². The standard InChI is InChI=1S/C13H19NO3S/c1-9-4-5-11(18(3,15)16)8-13(9)14-12-6-7-17-10(12)2/h4-5,8,10,12,14H,6-7H2,1-3H3. The third kappa shape index (κ3) is 2.84. The predicted molar refractivity (Wildman–Crippen MR) is 71.7 cm³/mol. The van der Waals surface area contributed by atoms with E-state index in [1.54, 1.807) is 12.1 Å². The first-order valence-electron chi connectivity index (χ1n) is 6.07. The number of rotatable bonds is 3. The molecule has 0 bridgehead atoms. The van der Waals surface area contributed by atoms with Crippen LogP contribution in [0.15, 0.2) is 23.1 Å². The molecule has 1 aromatic carbocycles. The van der Waals surface area contributed by atoms with Gasteiger partial charge in [0.05, 0.1) is 17.0 Å². The van der Waals surface area contributed by atoms with E-state index in [1.165, 1.54) is 6.26 Å². The summed E-state index contributed by atoms with van der Waals surface area (Å²) in [6, 6.07) is 5.43. The molecule has 1 heterocycles. The highest BCUT2D eigenvalue weighted by Crippen LogP contribution is 2.24. The number of hydrogen-bond donors (Lipinski definition) is 1. The molecular formula is C13H19NO3S. The lowest BCUT2D eigenvalue weighted by atomic mass is 10.1. The summed E-state index contributed by atoms with van der Waals surface area (Å²) in [5.41, 5.74) is 1.92. The van der Waals surface area contributed by atoms with E-state index in [9.17, 15) is 8.42 Å². The Morgan fingerprint density at radius 2 is 2.11 bits per heavy atom. The first-order chi connectivity index (χ1) is 8.38. The first-order valence-corrected chi connectivity index (χ1v) is 7.96. The maximum absolute atomic E-state index is 11.5. The summed E-state index contributed by atoms with van der Waals surface area (Å²) >= 11 is 0. The summed E-state index contributed by atoms with van der Waals surface area (Å²) in [4.78, 5) is 0.349. The average molecular weight is 269 g/mol. The second kappa shape index (κ2) is 4.90. The zero-order valence-corrected chi connectivity index (χ0v) is 11.8. The van der Waals surface area contributed by atoms with E-state index >= 15 is 0 Å². The van der Waals surface area contributed by atoms with Gasteiger partial charge in [0.25, 0.3) is 0 Å². The molecule has 1 aliphatic rings. The van der Waals surface area contributed by atoms with Gasteiger partial charge in [-0.2, -0.15) is 0 Å². The van der Waals surface area contributed by atoms with Crippen LogP contribution in [0, 0.1) is 6.92 Å². The van der Waals surface area contributed by atoms with E-state index in [1.807, 2.05) is 19.9 Å². The summed E-state index contributed by atoms with van der Waals surface area (Å²) in [6.45, 7) is 4.75. The highest BCUT2D eigenvalue weighted by Gasteiger charge is 2.24. The van der Waals surface area contributed by atoms with Gasteiger partial charge in [-0.15, -0.1) is 0 Å². The van der Waals surface area contributed by atoms with Crippen LogP contribution in [0.5, 0.6) is 0 Å². The summed E-state index contributed by atoms with van der Waals surface area (Å²) in [6.07, 6.45) is 2.33. The largest absolute Gasteiger partial charge is 0.379 e. The van der Waals surface area contributed by atoms with Crippen LogP contribution in [0.2, 0.25) is 0 Å². The van der Waals surface area contributed by atoms with Crippen LogP contribution in [0.3, 0.4) is 0 Å². The molecule has 1 saturated heterocycles. The maximum Gasteiger partial charge on any atom is 0.175 e. The average Bonchev–Trinajstić information content (AvgIpc) is 2.66. The van der Waals surface area contributed by atoms with Gasteiger partial charge in [0.2, 0.25) is 0 Å². The van der Waals surface area contributed by atoms with Gasteiger partial charge in [0.15, 0.2) is 9.84 Å². The van der Waals surface area contributed by atoms with Gasteiger partial charge < -0.3 is 10.1 Å². The van der Waals surface area contributed by atoms with Crippen molar-refractivity contribution in [2.75, 3.05) is 18.2 Å². The van der Waals surface area contributed by atoms with Crippen LogP contribution in [-0.4, -0.2) is 33.4 Å². The zero-order valence-electron chi connectivity index (χ0n) is 10.9. The first kappa shape index (κ1) is 13.4. The topological polar surface area (TPSA) is 55.4 Å². The van der Waals surface area contributed by atoms with Crippen molar-refractivity contribution in [1.82, 2.24) is 0 Å². The molecule has 1 aliphatic heterocycles. The second-order valence-corrected chi connectivity index (χ2v) is 6.88. The van der Waals surface area contributed by atoms with E-state index in [0.29, 0.717) is 4.90 Å². The SMILES string of the molecule is Cc1ccc(S(C)(=O)=O)cc1NC1CCOC1C. The number of sulfone groups is 1. The molecule has 1 N–H and O–H groups in total. The Morgan fingerprint density at radius 1 is 1.39 bits per heavy atom. The minimum absolute atomic E-state index is 0.159. The molecule has 0 amide bonds. The van der Waals surface area contributed by atoms with E-state index in [0.717, 1.165) is 24.3 Å². The summed E-state index contributed by atoms with van der Waals surface area (Å²) in [7, 11) is -3.16. The van der Waals surface area contributed by atoms with Crippen molar-refractivity contribution in [3.8, 4) is 0 Å². The second-order valence-electron chi connectivity index (χ2n) is 4.86. The van der Waals surface area contributed by atoms with Crippen LogP contribution >= 0.6 is 0 Å². The molecule has 5 heteroatoms. The minimum atomic E-state index is -3.16. The Bertz CT molecular complexity index is 539. The van der Waals surface area contributed by atoms with Gasteiger partial charge in [-0.3, -0.25) is 0 Å². The van der Waals surface area contributed by atoms with Crippen molar-refractivity contribution in [3.05, 3.63) is 23.8 Å². The van der Waals surface area contributed by atoms with Crippen LogP contribution in [-0.2, 0) is 14.6 Å². The van der Waals surface area contributed by atoms with Gasteiger partial charge in [0.1, 0.15) is 0 Å². The molecule has 4 nitrogen and oxygen atoms in total. The predicted octanol–water partition coefficient (Wildman–Crippen LogP) is 1.99. The number of hydrogen-bond acceptors (Lipinski definition) is 4. The summed E-state index contributed by atoms with van der Waals surface area (Å²) in [5.74, 6) is 0. The monoisotopic (exact) mass is 269 g/mol. The fraction of sp³-hybridized carbons (Fsp3) is 0.538. The number of nitrogens with one attached hydrogen (secondary N) is 1. The third-order valence-electron chi connectivity index (χ3n) is 3.35. The van der Waals surface area contributed by atoms with Crippen molar-refractivity contribution in [2.45, 2.75) is 37.3 Å². The van der Waals surface area contributed by atoms with Crippen molar-refractivity contribution in [1.29, 1.82) is 0 Å². The minimum Gasteiger partial charge on any atom is -0.379 e. The summed E-state index contributed by atoms with van der Waals surface area (Å²) in [5, 5.41) is 3.38. The molecule has 100 valence electrons. The lowest BCUT2D eigenvalue weighted by Gasteiger charge is -2.19. The number of benzene rings is 1. The fourth-order valence-corrected chi connectivity index (χ4v) is 2.76.